The first-order chi connectivity index (χ1) is 6.16. The molecule has 2 rings (SSSR count). The van der Waals surface area contributed by atoms with Crippen molar-refractivity contribution in [2.45, 2.75) is 13.0 Å². The molecule has 0 spiro atoms. The first-order valence-corrected chi connectivity index (χ1v) is 4.83. The maximum Gasteiger partial charge on any atom is 0.319 e. The van der Waals surface area contributed by atoms with Crippen molar-refractivity contribution in [3.05, 3.63) is 28.2 Å². The van der Waals surface area contributed by atoms with Crippen molar-refractivity contribution < 1.29 is 4.79 Å². The van der Waals surface area contributed by atoms with Gasteiger partial charge in [0.05, 0.1) is 6.04 Å². The number of fused-ring (bicyclic) bond motifs is 1. The van der Waals surface area contributed by atoms with E-state index in [1.54, 1.807) is 0 Å². The highest BCUT2D eigenvalue weighted by molar-refractivity contribution is 9.10. The third-order valence-corrected chi connectivity index (χ3v) is 2.57. The molecule has 4 heteroatoms. The zero-order valence-electron chi connectivity index (χ0n) is 7.10. The summed E-state index contributed by atoms with van der Waals surface area (Å²) >= 11 is 3.39. The first-order valence-electron chi connectivity index (χ1n) is 4.04. The topological polar surface area (TPSA) is 41.1 Å². The van der Waals surface area contributed by atoms with Crippen LogP contribution in [0.25, 0.3) is 0 Å². The van der Waals surface area contributed by atoms with Crippen molar-refractivity contribution in [3.63, 3.8) is 0 Å². The lowest BCUT2D eigenvalue weighted by Gasteiger charge is -2.24. The Morgan fingerprint density at radius 2 is 2.23 bits per heavy atom. The van der Waals surface area contributed by atoms with Crippen LogP contribution in [0.3, 0.4) is 0 Å². The van der Waals surface area contributed by atoms with E-state index in [2.05, 4.69) is 26.6 Å². The molecule has 0 aromatic heterocycles. The van der Waals surface area contributed by atoms with E-state index in [1.807, 2.05) is 25.1 Å². The third kappa shape index (κ3) is 1.54. The predicted molar refractivity (Wildman–Crippen MR) is 54.7 cm³/mol. The molecule has 1 heterocycles. The fraction of sp³-hybridized carbons (Fsp3) is 0.222. The summed E-state index contributed by atoms with van der Waals surface area (Å²) in [5.41, 5.74) is 1.99. The van der Waals surface area contributed by atoms with Crippen LogP contribution in [0.2, 0.25) is 0 Å². The van der Waals surface area contributed by atoms with Gasteiger partial charge < -0.3 is 10.6 Å². The molecule has 1 atom stereocenters. The van der Waals surface area contributed by atoms with Gasteiger partial charge >= 0.3 is 6.03 Å². The Morgan fingerprint density at radius 1 is 1.46 bits per heavy atom. The lowest BCUT2D eigenvalue weighted by molar-refractivity contribution is 0.248. The van der Waals surface area contributed by atoms with Crippen LogP contribution in [0, 0.1) is 0 Å². The molecule has 0 unspecified atom stereocenters. The molecule has 68 valence electrons. The van der Waals surface area contributed by atoms with Gasteiger partial charge in [-0.3, -0.25) is 0 Å². The summed E-state index contributed by atoms with van der Waals surface area (Å²) in [4.78, 5) is 11.1. The molecule has 0 saturated heterocycles. The van der Waals surface area contributed by atoms with Gasteiger partial charge in [0, 0.05) is 10.2 Å². The monoisotopic (exact) mass is 240 g/mol. The summed E-state index contributed by atoms with van der Waals surface area (Å²) in [5.74, 6) is 0. The number of benzene rings is 1. The van der Waals surface area contributed by atoms with E-state index in [0.717, 1.165) is 15.7 Å². The fourth-order valence-corrected chi connectivity index (χ4v) is 1.82. The molecular formula is C9H9BrN2O. The number of anilines is 1. The van der Waals surface area contributed by atoms with Crippen molar-refractivity contribution in [3.8, 4) is 0 Å². The second-order valence-electron chi connectivity index (χ2n) is 3.05. The predicted octanol–water partition coefficient (Wildman–Crippen LogP) is 2.65. The van der Waals surface area contributed by atoms with Gasteiger partial charge in [-0.2, -0.15) is 0 Å². The second kappa shape index (κ2) is 3.03. The highest BCUT2D eigenvalue weighted by Gasteiger charge is 2.19. The van der Waals surface area contributed by atoms with Gasteiger partial charge in [0.1, 0.15) is 0 Å². The van der Waals surface area contributed by atoms with E-state index in [-0.39, 0.29) is 12.1 Å². The summed E-state index contributed by atoms with van der Waals surface area (Å²) in [6.45, 7) is 1.96. The molecule has 13 heavy (non-hydrogen) atoms. The van der Waals surface area contributed by atoms with E-state index in [1.165, 1.54) is 0 Å². The van der Waals surface area contributed by atoms with Gasteiger partial charge in [-0.15, -0.1) is 0 Å². The number of nitrogens with one attached hydrogen (secondary N) is 2. The van der Waals surface area contributed by atoms with E-state index in [4.69, 9.17) is 0 Å². The highest BCUT2D eigenvalue weighted by Crippen LogP contribution is 2.29. The van der Waals surface area contributed by atoms with Crippen LogP contribution in [0.1, 0.15) is 18.5 Å². The molecule has 1 aromatic carbocycles. The molecule has 0 saturated carbocycles. The van der Waals surface area contributed by atoms with Gasteiger partial charge in [0.15, 0.2) is 0 Å². The third-order valence-electron chi connectivity index (χ3n) is 2.08. The van der Waals surface area contributed by atoms with E-state index in [0.29, 0.717) is 0 Å². The quantitative estimate of drug-likeness (QED) is 0.720. The molecular weight excluding hydrogens is 232 g/mol. The zero-order chi connectivity index (χ0) is 9.42. The number of carbonyl (C=O) groups is 1. The Bertz CT molecular complexity index is 365. The molecule has 0 fully saturated rings. The zero-order valence-corrected chi connectivity index (χ0v) is 8.68. The van der Waals surface area contributed by atoms with Crippen LogP contribution in [0.5, 0.6) is 0 Å². The Morgan fingerprint density at radius 3 is 3.00 bits per heavy atom. The Kier molecular flexibility index (Phi) is 2.00. The molecule has 0 aliphatic carbocycles. The maximum atomic E-state index is 11.1. The van der Waals surface area contributed by atoms with E-state index in [9.17, 15) is 4.79 Å². The van der Waals surface area contributed by atoms with Gasteiger partial charge in [-0.05, 0) is 30.7 Å². The van der Waals surface area contributed by atoms with Gasteiger partial charge in [0.25, 0.3) is 0 Å². The average molecular weight is 241 g/mol. The summed E-state index contributed by atoms with van der Waals surface area (Å²) in [5, 5.41) is 5.54. The lowest BCUT2D eigenvalue weighted by atomic mass is 10.0. The van der Waals surface area contributed by atoms with Crippen LogP contribution >= 0.6 is 15.9 Å². The van der Waals surface area contributed by atoms with Crippen LogP contribution in [0.15, 0.2) is 22.7 Å². The minimum Gasteiger partial charge on any atom is -0.331 e. The Hall–Kier alpha value is -1.03. The van der Waals surface area contributed by atoms with Crippen molar-refractivity contribution in [1.82, 2.24) is 5.32 Å². The van der Waals surface area contributed by atoms with E-state index < -0.39 is 0 Å². The minimum absolute atomic E-state index is 0.0706. The molecule has 1 aliphatic heterocycles. The number of carbonyl (C=O) groups excluding carboxylic acids is 1. The van der Waals surface area contributed by atoms with Crippen LogP contribution in [-0.4, -0.2) is 6.03 Å². The summed E-state index contributed by atoms with van der Waals surface area (Å²) in [6.07, 6.45) is 0. The van der Waals surface area contributed by atoms with Crippen LogP contribution < -0.4 is 10.6 Å². The fourth-order valence-electron chi connectivity index (χ4n) is 1.44. The molecule has 2 N–H and O–H groups in total. The number of urea groups is 1. The van der Waals surface area contributed by atoms with E-state index >= 15 is 0 Å². The normalized spacial score (nSPS) is 20.2. The number of amides is 2. The lowest BCUT2D eigenvalue weighted by Crippen LogP contribution is -2.36. The largest absolute Gasteiger partial charge is 0.331 e. The van der Waals surface area contributed by atoms with Gasteiger partial charge in [-0.1, -0.05) is 15.9 Å². The number of hydrogen-bond donors (Lipinski definition) is 2. The average Bonchev–Trinajstić information content (AvgIpc) is 2.06. The first kappa shape index (κ1) is 8.56. The van der Waals surface area contributed by atoms with Crippen LogP contribution in [-0.2, 0) is 0 Å². The van der Waals surface area contributed by atoms with Gasteiger partial charge in [0.2, 0.25) is 0 Å². The maximum absolute atomic E-state index is 11.1. The summed E-state index contributed by atoms with van der Waals surface area (Å²) in [7, 11) is 0. The summed E-state index contributed by atoms with van der Waals surface area (Å²) < 4.78 is 1.02. The highest BCUT2D eigenvalue weighted by atomic mass is 79.9. The van der Waals surface area contributed by atoms with Crippen LogP contribution in [0.4, 0.5) is 10.5 Å². The minimum atomic E-state index is -0.137. The molecule has 3 nitrogen and oxygen atoms in total. The Balaban J connectivity index is 2.49. The SMILES string of the molecule is C[C@H]1NC(=O)Nc2ccc(Br)cc21. The van der Waals surface area contributed by atoms with Crippen molar-refractivity contribution in [2.24, 2.45) is 0 Å². The smallest absolute Gasteiger partial charge is 0.319 e. The molecule has 1 aliphatic rings. The molecule has 2 amide bonds. The molecule has 0 bridgehead atoms. The number of rotatable bonds is 0. The molecule has 0 radical (unpaired) electrons. The number of hydrogen-bond acceptors (Lipinski definition) is 1. The van der Waals surface area contributed by atoms with Crippen molar-refractivity contribution >= 4 is 27.6 Å². The Labute approximate surface area is 84.6 Å². The number of halogens is 1. The van der Waals surface area contributed by atoms with Crippen molar-refractivity contribution in [1.29, 1.82) is 0 Å². The standard InChI is InChI=1S/C9H9BrN2O/c1-5-7-4-6(10)2-3-8(7)12-9(13)11-5/h2-5H,1H3,(H2,11,12,13)/t5-/m1/s1. The summed E-state index contributed by atoms with van der Waals surface area (Å²) in [6, 6.07) is 5.75. The van der Waals surface area contributed by atoms with Gasteiger partial charge in [-0.25, -0.2) is 4.79 Å². The van der Waals surface area contributed by atoms with Crippen molar-refractivity contribution in [2.75, 3.05) is 5.32 Å². The second-order valence-corrected chi connectivity index (χ2v) is 3.97. The molecule has 1 aromatic rings.